The van der Waals surface area contributed by atoms with Gasteiger partial charge in [0, 0.05) is 0 Å². The number of rotatable bonds is 6. The highest BCUT2D eigenvalue weighted by Crippen LogP contribution is 2.08. The minimum Gasteiger partial charge on any atom is -0.462 e. The summed E-state index contributed by atoms with van der Waals surface area (Å²) in [6, 6.07) is 3.55. The standard InChI is InChI=1S/C11H15BFNO4/c1-2-3-6-17-11(15)9-5-4-8(7-10(9)13)12(16)18-14/h4-5,7,16H,2-3,6,14H2,1H3. The van der Waals surface area contributed by atoms with Crippen molar-refractivity contribution in [3.63, 3.8) is 0 Å². The number of carbonyl (C=O) groups excluding carboxylic acids is 1. The highest BCUT2D eigenvalue weighted by atomic mass is 19.1. The predicted octanol–water partition coefficient (Wildman–Crippen LogP) is 0.360. The monoisotopic (exact) mass is 255 g/mol. The fourth-order valence-electron chi connectivity index (χ4n) is 1.32. The van der Waals surface area contributed by atoms with E-state index in [0.29, 0.717) is 0 Å². The molecule has 0 spiro atoms. The maximum Gasteiger partial charge on any atom is 0.508 e. The maximum atomic E-state index is 13.6. The summed E-state index contributed by atoms with van der Waals surface area (Å²) >= 11 is 0. The lowest BCUT2D eigenvalue weighted by molar-refractivity contribution is 0.0494. The number of nitrogens with two attached hydrogens (primary N) is 1. The average Bonchev–Trinajstić information content (AvgIpc) is 2.37. The Morgan fingerprint density at radius 3 is 2.83 bits per heavy atom. The lowest BCUT2D eigenvalue weighted by atomic mass is 9.79. The van der Waals surface area contributed by atoms with E-state index in [9.17, 15) is 14.2 Å². The third-order valence-corrected chi connectivity index (χ3v) is 2.36. The van der Waals surface area contributed by atoms with E-state index >= 15 is 0 Å². The first kappa shape index (κ1) is 14.6. The van der Waals surface area contributed by atoms with Crippen LogP contribution in [0.2, 0.25) is 0 Å². The predicted molar refractivity (Wildman–Crippen MR) is 64.5 cm³/mol. The molecule has 0 radical (unpaired) electrons. The van der Waals surface area contributed by atoms with Crippen molar-refractivity contribution in [3.8, 4) is 0 Å². The molecule has 0 bridgehead atoms. The number of hydrogen-bond donors (Lipinski definition) is 2. The van der Waals surface area contributed by atoms with Crippen molar-refractivity contribution in [2.75, 3.05) is 6.61 Å². The number of halogens is 1. The summed E-state index contributed by atoms with van der Waals surface area (Å²) in [7, 11) is -1.43. The first-order chi connectivity index (χ1) is 8.60. The van der Waals surface area contributed by atoms with Gasteiger partial charge in [-0.05, 0) is 24.0 Å². The van der Waals surface area contributed by atoms with Crippen LogP contribution in [0.15, 0.2) is 18.2 Å². The van der Waals surface area contributed by atoms with Crippen molar-refractivity contribution in [1.82, 2.24) is 0 Å². The van der Waals surface area contributed by atoms with Gasteiger partial charge in [0.05, 0.1) is 12.2 Å². The molecule has 1 rings (SSSR count). The summed E-state index contributed by atoms with van der Waals surface area (Å²) in [6.45, 7) is 2.21. The number of hydrogen-bond acceptors (Lipinski definition) is 5. The van der Waals surface area contributed by atoms with Crippen LogP contribution in [-0.4, -0.2) is 24.7 Å². The molecular weight excluding hydrogens is 240 g/mol. The van der Waals surface area contributed by atoms with Gasteiger partial charge in [-0.1, -0.05) is 19.4 Å². The molecule has 0 aliphatic heterocycles. The second kappa shape index (κ2) is 7.10. The van der Waals surface area contributed by atoms with E-state index in [4.69, 9.17) is 10.6 Å². The van der Waals surface area contributed by atoms with Crippen LogP contribution >= 0.6 is 0 Å². The van der Waals surface area contributed by atoms with Crippen LogP contribution in [0.4, 0.5) is 4.39 Å². The van der Waals surface area contributed by atoms with E-state index in [1.54, 1.807) is 0 Å². The summed E-state index contributed by atoms with van der Waals surface area (Å²) in [5.41, 5.74) is -0.0563. The summed E-state index contributed by atoms with van der Waals surface area (Å²) in [5, 5.41) is 9.23. The molecule has 1 aromatic carbocycles. The van der Waals surface area contributed by atoms with E-state index in [0.717, 1.165) is 18.9 Å². The summed E-state index contributed by atoms with van der Waals surface area (Å²) in [6.07, 6.45) is 1.61. The molecule has 0 heterocycles. The molecule has 18 heavy (non-hydrogen) atoms. The fraction of sp³-hybridized carbons (Fsp3) is 0.364. The molecule has 0 saturated heterocycles. The molecule has 0 aliphatic carbocycles. The van der Waals surface area contributed by atoms with Crippen LogP contribution in [0.25, 0.3) is 0 Å². The number of ether oxygens (including phenoxy) is 1. The SMILES string of the molecule is CCCCOC(=O)c1ccc(B(O)ON)cc1F. The Kier molecular flexibility index (Phi) is 5.77. The molecule has 5 nitrogen and oxygen atoms in total. The first-order valence-corrected chi connectivity index (χ1v) is 5.60. The van der Waals surface area contributed by atoms with Gasteiger partial charge >= 0.3 is 13.1 Å². The second-order valence-corrected chi connectivity index (χ2v) is 3.72. The summed E-state index contributed by atoms with van der Waals surface area (Å²) in [4.78, 5) is 11.5. The van der Waals surface area contributed by atoms with Gasteiger partial charge in [0.1, 0.15) is 5.82 Å². The number of unbranched alkanes of at least 4 members (excludes halogenated alkanes) is 1. The Balaban J connectivity index is 2.75. The fourth-order valence-corrected chi connectivity index (χ4v) is 1.32. The smallest absolute Gasteiger partial charge is 0.462 e. The maximum absolute atomic E-state index is 13.6. The van der Waals surface area contributed by atoms with Gasteiger partial charge < -0.3 is 14.5 Å². The van der Waals surface area contributed by atoms with Crippen LogP contribution in [-0.2, 0) is 9.49 Å². The third kappa shape index (κ3) is 3.80. The highest BCUT2D eigenvalue weighted by molar-refractivity contribution is 6.59. The Bertz CT molecular complexity index is 416. The van der Waals surface area contributed by atoms with Crippen LogP contribution in [0.3, 0.4) is 0 Å². The normalized spacial score (nSPS) is 10.2. The lowest BCUT2D eigenvalue weighted by Gasteiger charge is -2.07. The first-order valence-electron chi connectivity index (χ1n) is 5.60. The summed E-state index contributed by atoms with van der Waals surface area (Å²) in [5.74, 6) is 3.26. The number of esters is 1. The second-order valence-electron chi connectivity index (χ2n) is 3.72. The Morgan fingerprint density at radius 1 is 1.56 bits per heavy atom. The minimum absolute atomic E-state index is 0.125. The van der Waals surface area contributed by atoms with Gasteiger partial charge in [0.15, 0.2) is 0 Å². The largest absolute Gasteiger partial charge is 0.508 e. The quantitative estimate of drug-likeness (QED) is 0.332. The number of benzene rings is 1. The molecule has 0 unspecified atom stereocenters. The third-order valence-electron chi connectivity index (χ3n) is 2.36. The molecular formula is C11H15BFNO4. The molecule has 98 valence electrons. The van der Waals surface area contributed by atoms with Crippen molar-refractivity contribution in [3.05, 3.63) is 29.6 Å². The van der Waals surface area contributed by atoms with Gasteiger partial charge in [-0.25, -0.2) is 15.1 Å². The number of carbonyl (C=O) groups is 1. The average molecular weight is 255 g/mol. The lowest BCUT2D eigenvalue weighted by Crippen LogP contribution is -2.36. The molecule has 0 saturated carbocycles. The van der Waals surface area contributed by atoms with Crippen LogP contribution in [0.5, 0.6) is 0 Å². The molecule has 7 heteroatoms. The Morgan fingerprint density at radius 2 is 2.28 bits per heavy atom. The zero-order valence-electron chi connectivity index (χ0n) is 10.1. The molecule has 0 fully saturated rings. The Labute approximate surface area is 105 Å². The molecule has 0 aromatic heterocycles. The van der Waals surface area contributed by atoms with Crippen LogP contribution in [0.1, 0.15) is 30.1 Å². The van der Waals surface area contributed by atoms with E-state index in [-0.39, 0.29) is 17.6 Å². The molecule has 1 aromatic rings. The molecule has 0 aliphatic rings. The van der Waals surface area contributed by atoms with E-state index in [1.165, 1.54) is 12.1 Å². The van der Waals surface area contributed by atoms with Gasteiger partial charge in [-0.2, -0.15) is 0 Å². The van der Waals surface area contributed by atoms with Crippen molar-refractivity contribution in [2.24, 2.45) is 5.90 Å². The van der Waals surface area contributed by atoms with Gasteiger partial charge in [-0.15, -0.1) is 0 Å². The van der Waals surface area contributed by atoms with E-state index < -0.39 is 18.9 Å². The molecule has 0 amide bonds. The van der Waals surface area contributed by atoms with Crippen molar-refractivity contribution >= 4 is 18.6 Å². The van der Waals surface area contributed by atoms with Gasteiger partial charge in [0.25, 0.3) is 0 Å². The minimum atomic E-state index is -1.43. The van der Waals surface area contributed by atoms with E-state index in [1.807, 2.05) is 6.92 Å². The van der Waals surface area contributed by atoms with E-state index in [2.05, 4.69) is 4.76 Å². The van der Waals surface area contributed by atoms with Crippen molar-refractivity contribution in [1.29, 1.82) is 0 Å². The molecule has 0 atom stereocenters. The molecule has 3 N–H and O–H groups in total. The zero-order valence-corrected chi connectivity index (χ0v) is 10.1. The summed E-state index contributed by atoms with van der Waals surface area (Å²) < 4.78 is 22.6. The Hall–Kier alpha value is -1.44. The zero-order chi connectivity index (χ0) is 13.5. The van der Waals surface area contributed by atoms with Gasteiger partial charge in [0.2, 0.25) is 0 Å². The highest BCUT2D eigenvalue weighted by Gasteiger charge is 2.20. The van der Waals surface area contributed by atoms with Crippen molar-refractivity contribution in [2.45, 2.75) is 19.8 Å². The van der Waals surface area contributed by atoms with Crippen molar-refractivity contribution < 1.29 is 23.7 Å². The van der Waals surface area contributed by atoms with Crippen LogP contribution in [0, 0.1) is 5.82 Å². The van der Waals surface area contributed by atoms with Crippen LogP contribution < -0.4 is 11.4 Å². The topological polar surface area (TPSA) is 81.8 Å². The van der Waals surface area contributed by atoms with Gasteiger partial charge in [-0.3, -0.25) is 0 Å².